The number of para-hydroxylation sites is 2. The first-order chi connectivity index (χ1) is 15.6. The van der Waals surface area contributed by atoms with Gasteiger partial charge in [-0.1, -0.05) is 71.8 Å². The van der Waals surface area contributed by atoms with Crippen molar-refractivity contribution in [3.8, 4) is 0 Å². The highest BCUT2D eigenvalue weighted by Gasteiger charge is 2.19. The van der Waals surface area contributed by atoms with Gasteiger partial charge in [0.25, 0.3) is 0 Å². The molecule has 32 heavy (non-hydrogen) atoms. The fourth-order valence-electron chi connectivity index (χ4n) is 4.15. The average Bonchev–Trinajstić information content (AvgIpc) is 3.12. The fourth-order valence-corrected chi connectivity index (χ4v) is 4.15. The van der Waals surface area contributed by atoms with Crippen molar-refractivity contribution in [2.24, 2.45) is 4.99 Å². The highest BCUT2D eigenvalue weighted by molar-refractivity contribution is 5.76. The molecule has 5 nitrogen and oxygen atoms in total. The molecule has 0 bridgehead atoms. The van der Waals surface area contributed by atoms with E-state index < -0.39 is 0 Å². The zero-order valence-electron chi connectivity index (χ0n) is 19.0. The summed E-state index contributed by atoms with van der Waals surface area (Å²) in [4.78, 5) is 4.79. The van der Waals surface area contributed by atoms with Gasteiger partial charge in [-0.2, -0.15) is 0 Å². The van der Waals surface area contributed by atoms with Crippen LogP contribution in [0.1, 0.15) is 28.3 Å². The summed E-state index contributed by atoms with van der Waals surface area (Å²) in [6, 6.07) is 25.2. The van der Waals surface area contributed by atoms with Crippen LogP contribution in [0.5, 0.6) is 0 Å². The maximum Gasteiger partial charge on any atom is 0.208 e. The minimum Gasteiger partial charge on any atom is -0.394 e. The SMILES string of the molecule is COC/N=c1/n(Cc2ccc(C)cc2)c2ccccc2n1[C@H](CO)Cc1ccc(C)cc1. The lowest BCUT2D eigenvalue weighted by Gasteiger charge is -2.18. The molecule has 0 saturated carbocycles. The van der Waals surface area contributed by atoms with E-state index in [1.165, 1.54) is 22.3 Å². The van der Waals surface area contributed by atoms with Crippen molar-refractivity contribution >= 4 is 11.0 Å². The van der Waals surface area contributed by atoms with E-state index in [2.05, 4.69) is 83.6 Å². The first-order valence-corrected chi connectivity index (χ1v) is 11.0. The first kappa shape index (κ1) is 22.1. The van der Waals surface area contributed by atoms with Crippen molar-refractivity contribution in [1.82, 2.24) is 9.13 Å². The number of ether oxygens (including phenoxy) is 1. The normalized spacial score (nSPS) is 13.1. The van der Waals surface area contributed by atoms with Crippen LogP contribution in [0.4, 0.5) is 0 Å². The number of imidazole rings is 1. The molecule has 1 heterocycles. The number of benzene rings is 3. The van der Waals surface area contributed by atoms with Gasteiger partial charge in [-0.15, -0.1) is 0 Å². The van der Waals surface area contributed by atoms with Gasteiger partial charge in [0.1, 0.15) is 6.73 Å². The van der Waals surface area contributed by atoms with E-state index in [1.54, 1.807) is 7.11 Å². The summed E-state index contributed by atoms with van der Waals surface area (Å²) in [5.41, 5.74) is 7.81. The number of aryl methyl sites for hydroxylation is 2. The molecule has 0 spiro atoms. The molecule has 5 heteroatoms. The van der Waals surface area contributed by atoms with Crippen molar-refractivity contribution in [3.63, 3.8) is 0 Å². The molecule has 0 aliphatic rings. The molecule has 0 fully saturated rings. The van der Waals surface area contributed by atoms with Gasteiger partial charge in [0.05, 0.1) is 30.2 Å². The van der Waals surface area contributed by atoms with E-state index in [0.29, 0.717) is 6.54 Å². The average molecular weight is 430 g/mol. The third kappa shape index (κ3) is 4.69. The van der Waals surface area contributed by atoms with Crippen molar-refractivity contribution in [2.45, 2.75) is 32.9 Å². The third-order valence-corrected chi connectivity index (χ3v) is 5.85. The number of aliphatic hydroxyl groups excluding tert-OH is 1. The van der Waals surface area contributed by atoms with Gasteiger partial charge in [-0.25, -0.2) is 4.99 Å². The molecule has 0 amide bonds. The monoisotopic (exact) mass is 429 g/mol. The van der Waals surface area contributed by atoms with Crippen LogP contribution < -0.4 is 5.62 Å². The molecule has 3 aromatic carbocycles. The molecule has 0 aliphatic heterocycles. The van der Waals surface area contributed by atoms with Gasteiger partial charge in [-0.3, -0.25) is 0 Å². The molecule has 0 unspecified atom stereocenters. The number of methoxy groups -OCH3 is 1. The number of rotatable bonds is 8. The second kappa shape index (κ2) is 9.98. The van der Waals surface area contributed by atoms with Gasteiger partial charge in [0.2, 0.25) is 5.62 Å². The van der Waals surface area contributed by atoms with Crippen molar-refractivity contribution in [1.29, 1.82) is 0 Å². The van der Waals surface area contributed by atoms with Gasteiger partial charge in [-0.05, 0) is 43.5 Å². The highest BCUT2D eigenvalue weighted by Crippen LogP contribution is 2.22. The van der Waals surface area contributed by atoms with Crippen LogP contribution >= 0.6 is 0 Å². The maximum atomic E-state index is 10.4. The number of nitrogens with zero attached hydrogens (tertiary/aromatic N) is 3. The van der Waals surface area contributed by atoms with Crippen LogP contribution in [0, 0.1) is 13.8 Å². The molecule has 0 radical (unpaired) electrons. The lowest BCUT2D eigenvalue weighted by atomic mass is 10.0. The van der Waals surface area contributed by atoms with Crippen LogP contribution in [-0.2, 0) is 17.7 Å². The highest BCUT2D eigenvalue weighted by atomic mass is 16.5. The molecule has 166 valence electrons. The summed E-state index contributed by atoms with van der Waals surface area (Å²) in [5.74, 6) is 0. The van der Waals surface area contributed by atoms with Crippen molar-refractivity contribution in [3.05, 3.63) is 101 Å². The minimum absolute atomic E-state index is 0.0204. The van der Waals surface area contributed by atoms with E-state index in [9.17, 15) is 5.11 Å². The third-order valence-electron chi connectivity index (χ3n) is 5.85. The topological polar surface area (TPSA) is 51.7 Å². The molecule has 0 saturated heterocycles. The van der Waals surface area contributed by atoms with Crippen LogP contribution in [-0.4, -0.2) is 34.7 Å². The van der Waals surface area contributed by atoms with E-state index in [1.807, 2.05) is 12.1 Å². The van der Waals surface area contributed by atoms with E-state index in [-0.39, 0.29) is 19.4 Å². The Kier molecular flexibility index (Phi) is 6.88. The van der Waals surface area contributed by atoms with Gasteiger partial charge in [0, 0.05) is 7.11 Å². The lowest BCUT2D eigenvalue weighted by Crippen LogP contribution is -2.32. The molecule has 1 N–H and O–H groups in total. The van der Waals surface area contributed by atoms with Crippen LogP contribution in [0.3, 0.4) is 0 Å². The number of aliphatic hydroxyl groups is 1. The molecular formula is C27H31N3O2. The molecule has 0 aliphatic carbocycles. The van der Waals surface area contributed by atoms with Gasteiger partial charge < -0.3 is 19.0 Å². The van der Waals surface area contributed by atoms with Crippen LogP contribution in [0.25, 0.3) is 11.0 Å². The standard InChI is InChI=1S/C27H31N3O2/c1-20-8-12-22(13-9-20)16-24(18-31)30-26-7-5-4-6-25(26)29(27(30)28-19-32-3)17-23-14-10-21(2)11-15-23/h4-15,24,31H,16-19H2,1-3H3/b28-27-/t24-/m0/s1. The summed E-state index contributed by atoms with van der Waals surface area (Å²) < 4.78 is 9.69. The Bertz CT molecular complexity index is 1230. The summed E-state index contributed by atoms with van der Waals surface area (Å²) in [5, 5.41) is 10.4. The number of hydrogen-bond acceptors (Lipinski definition) is 3. The fraction of sp³-hybridized carbons (Fsp3) is 0.296. The van der Waals surface area contributed by atoms with Crippen LogP contribution in [0.2, 0.25) is 0 Å². The van der Waals surface area contributed by atoms with E-state index in [4.69, 9.17) is 9.73 Å². The predicted octanol–water partition coefficient (Wildman–Crippen LogP) is 4.39. The molecular weight excluding hydrogens is 398 g/mol. The first-order valence-electron chi connectivity index (χ1n) is 11.0. The number of aromatic nitrogens is 2. The molecule has 4 aromatic rings. The molecule has 1 atom stereocenters. The summed E-state index contributed by atoms with van der Waals surface area (Å²) >= 11 is 0. The Morgan fingerprint density at radius 1 is 0.844 bits per heavy atom. The molecule has 1 aromatic heterocycles. The predicted molar refractivity (Wildman–Crippen MR) is 129 cm³/mol. The van der Waals surface area contributed by atoms with Gasteiger partial charge >= 0.3 is 0 Å². The second-order valence-electron chi connectivity index (χ2n) is 8.33. The van der Waals surface area contributed by atoms with Crippen LogP contribution in [0.15, 0.2) is 77.8 Å². The Hall–Kier alpha value is -3.15. The van der Waals surface area contributed by atoms with E-state index in [0.717, 1.165) is 23.1 Å². The molecule has 4 rings (SSSR count). The number of hydrogen-bond donors (Lipinski definition) is 1. The maximum absolute atomic E-state index is 10.4. The smallest absolute Gasteiger partial charge is 0.208 e. The summed E-state index contributed by atoms with van der Waals surface area (Å²) in [6.07, 6.45) is 0.718. The van der Waals surface area contributed by atoms with Crippen molar-refractivity contribution < 1.29 is 9.84 Å². The van der Waals surface area contributed by atoms with Crippen molar-refractivity contribution in [2.75, 3.05) is 20.4 Å². The van der Waals surface area contributed by atoms with Gasteiger partial charge in [0.15, 0.2) is 0 Å². The zero-order valence-corrected chi connectivity index (χ0v) is 19.0. The Morgan fingerprint density at radius 3 is 2.03 bits per heavy atom. The summed E-state index contributed by atoms with van der Waals surface area (Å²) in [7, 11) is 1.65. The van der Waals surface area contributed by atoms with E-state index >= 15 is 0 Å². The summed E-state index contributed by atoms with van der Waals surface area (Å²) in [6.45, 7) is 5.15. The second-order valence-corrected chi connectivity index (χ2v) is 8.33. The lowest BCUT2D eigenvalue weighted by molar-refractivity contribution is 0.199. The quantitative estimate of drug-likeness (QED) is 0.452. The Labute approximate surface area is 189 Å². The number of fused-ring (bicyclic) bond motifs is 1. The largest absolute Gasteiger partial charge is 0.394 e. The zero-order chi connectivity index (χ0) is 22.5. The Morgan fingerprint density at radius 2 is 1.44 bits per heavy atom. The Balaban J connectivity index is 1.86. The minimum atomic E-state index is -0.141.